The third-order valence-electron chi connectivity index (χ3n) is 2.21. The van der Waals surface area contributed by atoms with E-state index < -0.39 is 9.84 Å². The molecule has 0 aromatic heterocycles. The molecule has 5 heteroatoms. The van der Waals surface area contributed by atoms with E-state index in [1.165, 1.54) is 6.26 Å². The second kappa shape index (κ2) is 3.79. The molecule has 0 fully saturated rings. The molecule has 0 spiro atoms. The molecule has 0 aliphatic carbocycles. The zero-order chi connectivity index (χ0) is 9.47. The number of anilines is 1. The van der Waals surface area contributed by atoms with Gasteiger partial charge in [-0.1, -0.05) is 12.1 Å². The topological polar surface area (TPSA) is 46.2 Å². The Hall–Kier alpha value is -0.740. The minimum absolute atomic E-state index is 0. The second-order valence-corrected chi connectivity index (χ2v) is 5.22. The van der Waals surface area contributed by atoms with E-state index in [4.69, 9.17) is 0 Å². The lowest BCUT2D eigenvalue weighted by Crippen LogP contribution is -2.02. The van der Waals surface area contributed by atoms with Gasteiger partial charge < -0.3 is 5.32 Å². The lowest BCUT2D eigenvalue weighted by Gasteiger charge is -2.05. The maximum absolute atomic E-state index is 11.4. The largest absolute Gasteiger partial charge is 0.383 e. The lowest BCUT2D eigenvalue weighted by molar-refractivity contribution is 0.602. The van der Waals surface area contributed by atoms with Crippen molar-refractivity contribution in [2.75, 3.05) is 18.1 Å². The number of para-hydroxylation sites is 1. The van der Waals surface area contributed by atoms with Crippen LogP contribution in [0.4, 0.5) is 5.69 Å². The average molecular weight is 234 g/mol. The van der Waals surface area contributed by atoms with Crippen molar-refractivity contribution in [2.45, 2.75) is 11.3 Å². The molecule has 3 nitrogen and oxygen atoms in total. The van der Waals surface area contributed by atoms with Gasteiger partial charge >= 0.3 is 0 Å². The van der Waals surface area contributed by atoms with Crippen LogP contribution in [0.5, 0.6) is 0 Å². The molecule has 0 unspecified atom stereocenters. The Balaban J connectivity index is 0.000000980. The van der Waals surface area contributed by atoms with Gasteiger partial charge in [0.05, 0.1) is 10.6 Å². The van der Waals surface area contributed by atoms with Crippen molar-refractivity contribution >= 4 is 27.9 Å². The predicted molar refractivity (Wildman–Crippen MR) is 59.0 cm³/mol. The Morgan fingerprint density at radius 3 is 2.71 bits per heavy atom. The Morgan fingerprint density at radius 1 is 1.36 bits per heavy atom. The fraction of sp³-hybridized carbons (Fsp3) is 0.333. The van der Waals surface area contributed by atoms with Crippen LogP contribution in [0.3, 0.4) is 0 Å². The standard InChI is InChI=1S/C9H11NO2S.ClH/c1-13(11,12)8-4-2-3-7-5-6-10-9(7)8;/h2-4,10H,5-6H2,1H3;1H. The van der Waals surface area contributed by atoms with Crippen LogP contribution in [0.25, 0.3) is 0 Å². The van der Waals surface area contributed by atoms with Gasteiger partial charge in [-0.2, -0.15) is 0 Å². The number of rotatable bonds is 1. The zero-order valence-corrected chi connectivity index (χ0v) is 9.41. The first-order chi connectivity index (χ1) is 6.09. The molecule has 0 radical (unpaired) electrons. The van der Waals surface area contributed by atoms with E-state index in [1.54, 1.807) is 12.1 Å². The molecule has 1 aromatic rings. The van der Waals surface area contributed by atoms with Crippen molar-refractivity contribution in [3.8, 4) is 0 Å². The van der Waals surface area contributed by atoms with E-state index in [0.29, 0.717) is 4.90 Å². The van der Waals surface area contributed by atoms with Gasteiger partial charge in [0, 0.05) is 12.8 Å². The summed E-state index contributed by atoms with van der Waals surface area (Å²) in [7, 11) is -3.09. The number of benzene rings is 1. The predicted octanol–water partition coefficient (Wildman–Crippen LogP) is 1.48. The third-order valence-corrected chi connectivity index (χ3v) is 3.35. The molecule has 0 bridgehead atoms. The van der Waals surface area contributed by atoms with Crippen molar-refractivity contribution in [1.82, 2.24) is 0 Å². The lowest BCUT2D eigenvalue weighted by atomic mass is 10.2. The number of sulfone groups is 1. The van der Waals surface area contributed by atoms with Gasteiger partial charge in [0.1, 0.15) is 0 Å². The smallest absolute Gasteiger partial charge is 0.177 e. The summed E-state index contributed by atoms with van der Waals surface area (Å²) in [6.07, 6.45) is 2.15. The summed E-state index contributed by atoms with van der Waals surface area (Å²) in [6, 6.07) is 5.40. The third kappa shape index (κ3) is 1.86. The highest BCUT2D eigenvalue weighted by molar-refractivity contribution is 7.90. The summed E-state index contributed by atoms with van der Waals surface area (Å²) in [4.78, 5) is 0.419. The molecule has 2 rings (SSSR count). The average Bonchev–Trinajstić information content (AvgIpc) is 2.48. The molecule has 1 aliphatic heterocycles. The van der Waals surface area contributed by atoms with Crippen molar-refractivity contribution in [2.24, 2.45) is 0 Å². The van der Waals surface area contributed by atoms with Crippen LogP contribution in [-0.2, 0) is 16.3 Å². The Bertz CT molecular complexity index is 442. The summed E-state index contributed by atoms with van der Waals surface area (Å²) < 4.78 is 22.7. The fourth-order valence-electron chi connectivity index (χ4n) is 1.62. The summed E-state index contributed by atoms with van der Waals surface area (Å²) in [6.45, 7) is 0.835. The highest BCUT2D eigenvalue weighted by atomic mass is 35.5. The summed E-state index contributed by atoms with van der Waals surface area (Å²) in [5, 5.41) is 3.10. The van der Waals surface area contributed by atoms with Gasteiger partial charge in [0.15, 0.2) is 9.84 Å². The van der Waals surface area contributed by atoms with Gasteiger partial charge in [-0.25, -0.2) is 8.42 Å². The molecule has 14 heavy (non-hydrogen) atoms. The normalized spacial score (nSPS) is 14.1. The molecular formula is C9H12ClNO2S. The van der Waals surface area contributed by atoms with Crippen LogP contribution < -0.4 is 5.32 Å². The Morgan fingerprint density at radius 2 is 2.07 bits per heavy atom. The molecule has 1 aromatic carbocycles. The van der Waals surface area contributed by atoms with Crippen LogP contribution >= 0.6 is 12.4 Å². The fourth-order valence-corrected chi connectivity index (χ4v) is 2.52. The molecule has 78 valence electrons. The van der Waals surface area contributed by atoms with Gasteiger partial charge in [-0.15, -0.1) is 12.4 Å². The van der Waals surface area contributed by atoms with Crippen molar-refractivity contribution in [3.63, 3.8) is 0 Å². The maximum atomic E-state index is 11.4. The molecule has 1 heterocycles. The van der Waals surface area contributed by atoms with Crippen LogP contribution in [0.1, 0.15) is 5.56 Å². The van der Waals surface area contributed by atoms with Gasteiger partial charge in [-0.3, -0.25) is 0 Å². The van der Waals surface area contributed by atoms with Crippen molar-refractivity contribution < 1.29 is 8.42 Å². The first kappa shape index (κ1) is 11.3. The van der Waals surface area contributed by atoms with Crippen LogP contribution in [-0.4, -0.2) is 21.2 Å². The number of hydrogen-bond donors (Lipinski definition) is 1. The van der Waals surface area contributed by atoms with Crippen LogP contribution in [0.15, 0.2) is 23.1 Å². The maximum Gasteiger partial charge on any atom is 0.177 e. The van der Waals surface area contributed by atoms with Crippen molar-refractivity contribution in [1.29, 1.82) is 0 Å². The molecule has 0 saturated carbocycles. The van der Waals surface area contributed by atoms with E-state index in [-0.39, 0.29) is 12.4 Å². The van der Waals surface area contributed by atoms with Crippen LogP contribution in [0.2, 0.25) is 0 Å². The number of halogens is 1. The quantitative estimate of drug-likeness (QED) is 0.799. The Labute approximate surface area is 89.8 Å². The monoisotopic (exact) mass is 233 g/mol. The first-order valence-electron chi connectivity index (χ1n) is 4.15. The number of hydrogen-bond acceptors (Lipinski definition) is 3. The second-order valence-electron chi connectivity index (χ2n) is 3.24. The van der Waals surface area contributed by atoms with E-state index in [2.05, 4.69) is 5.32 Å². The minimum atomic E-state index is -3.09. The molecule has 1 N–H and O–H groups in total. The Kier molecular flexibility index (Phi) is 3.07. The first-order valence-corrected chi connectivity index (χ1v) is 6.04. The van der Waals surface area contributed by atoms with E-state index in [0.717, 1.165) is 24.2 Å². The molecule has 0 amide bonds. The van der Waals surface area contributed by atoms with E-state index in [1.807, 2.05) is 6.07 Å². The van der Waals surface area contributed by atoms with Crippen LogP contribution in [0, 0.1) is 0 Å². The van der Waals surface area contributed by atoms with Crippen molar-refractivity contribution in [3.05, 3.63) is 23.8 Å². The van der Waals surface area contributed by atoms with E-state index in [9.17, 15) is 8.42 Å². The zero-order valence-electron chi connectivity index (χ0n) is 7.78. The highest BCUT2D eigenvalue weighted by Crippen LogP contribution is 2.29. The summed E-state index contributed by atoms with van der Waals surface area (Å²) in [5.41, 5.74) is 1.90. The molecule has 0 atom stereocenters. The van der Waals surface area contributed by atoms with Gasteiger partial charge in [0.25, 0.3) is 0 Å². The SMILES string of the molecule is CS(=O)(=O)c1cccc2c1NCC2.Cl. The van der Waals surface area contributed by atoms with Gasteiger partial charge in [-0.05, 0) is 18.1 Å². The highest BCUT2D eigenvalue weighted by Gasteiger charge is 2.19. The summed E-state index contributed by atoms with van der Waals surface area (Å²) in [5.74, 6) is 0. The number of fused-ring (bicyclic) bond motifs is 1. The molecular weight excluding hydrogens is 222 g/mol. The van der Waals surface area contributed by atoms with E-state index >= 15 is 0 Å². The van der Waals surface area contributed by atoms with Gasteiger partial charge in [0.2, 0.25) is 0 Å². The minimum Gasteiger partial charge on any atom is -0.383 e. The molecule has 1 aliphatic rings. The number of nitrogens with one attached hydrogen (secondary N) is 1. The molecule has 0 saturated heterocycles. The summed E-state index contributed by atoms with van der Waals surface area (Å²) >= 11 is 0.